The minimum absolute atomic E-state index is 0.00950. The SMILES string of the molecule is CCNCCN1C(=O)c2ccccc2C1c1cc(C#N)ccc1N. The van der Waals surface area contributed by atoms with E-state index in [1.54, 1.807) is 18.2 Å². The van der Waals surface area contributed by atoms with E-state index >= 15 is 0 Å². The standard InChI is InChI=1S/C19H20N4O/c1-2-22-9-10-23-18(14-5-3-4-6-15(14)19(23)24)16-11-13(12-20)7-8-17(16)21/h3-8,11,18,22H,2,9-10,21H2,1H3. The highest BCUT2D eigenvalue weighted by molar-refractivity contribution is 6.00. The second kappa shape index (κ2) is 6.73. The molecule has 0 aromatic heterocycles. The summed E-state index contributed by atoms with van der Waals surface area (Å²) in [4.78, 5) is 14.7. The van der Waals surface area contributed by atoms with Crippen molar-refractivity contribution in [1.29, 1.82) is 5.26 Å². The van der Waals surface area contributed by atoms with Crippen molar-refractivity contribution in [3.63, 3.8) is 0 Å². The fourth-order valence-electron chi connectivity index (χ4n) is 3.19. The van der Waals surface area contributed by atoms with Crippen molar-refractivity contribution in [3.05, 3.63) is 64.7 Å². The highest BCUT2D eigenvalue weighted by Crippen LogP contribution is 2.40. The lowest BCUT2D eigenvalue weighted by Gasteiger charge is -2.27. The van der Waals surface area contributed by atoms with Gasteiger partial charge in [0.1, 0.15) is 0 Å². The van der Waals surface area contributed by atoms with Crippen LogP contribution in [-0.2, 0) is 0 Å². The number of amides is 1. The molecule has 5 heteroatoms. The number of carbonyl (C=O) groups is 1. The van der Waals surface area contributed by atoms with Crippen molar-refractivity contribution in [2.75, 3.05) is 25.4 Å². The number of nitrogen functional groups attached to an aromatic ring is 1. The maximum absolute atomic E-state index is 12.8. The lowest BCUT2D eigenvalue weighted by Crippen LogP contribution is -2.35. The number of fused-ring (bicyclic) bond motifs is 1. The normalized spacial score (nSPS) is 16.1. The van der Waals surface area contributed by atoms with Crippen LogP contribution in [0.2, 0.25) is 0 Å². The van der Waals surface area contributed by atoms with Crippen LogP contribution in [0.25, 0.3) is 0 Å². The fourth-order valence-corrected chi connectivity index (χ4v) is 3.19. The number of nitrogens with zero attached hydrogens (tertiary/aromatic N) is 2. The number of likely N-dealkylation sites (N-methyl/N-ethyl adjacent to an activating group) is 1. The molecule has 5 nitrogen and oxygen atoms in total. The molecule has 122 valence electrons. The number of hydrogen-bond acceptors (Lipinski definition) is 4. The third-order valence-electron chi connectivity index (χ3n) is 4.35. The van der Waals surface area contributed by atoms with Crippen molar-refractivity contribution >= 4 is 11.6 Å². The van der Waals surface area contributed by atoms with E-state index in [-0.39, 0.29) is 11.9 Å². The molecule has 0 aliphatic carbocycles. The Balaban J connectivity index is 2.07. The Kier molecular flexibility index (Phi) is 4.50. The topological polar surface area (TPSA) is 82.2 Å². The lowest BCUT2D eigenvalue weighted by molar-refractivity contribution is 0.0752. The van der Waals surface area contributed by atoms with Crippen LogP contribution in [0.15, 0.2) is 42.5 Å². The Labute approximate surface area is 141 Å². The molecule has 1 unspecified atom stereocenters. The minimum Gasteiger partial charge on any atom is -0.398 e. The first-order chi connectivity index (χ1) is 11.7. The second-order valence-corrected chi connectivity index (χ2v) is 5.80. The van der Waals surface area contributed by atoms with Crippen LogP contribution in [0.1, 0.15) is 40.0 Å². The molecule has 3 N–H and O–H groups in total. The monoisotopic (exact) mass is 320 g/mol. The van der Waals surface area contributed by atoms with Crippen LogP contribution in [0.3, 0.4) is 0 Å². The summed E-state index contributed by atoms with van der Waals surface area (Å²) in [5.74, 6) is 0.00950. The Morgan fingerprint density at radius 3 is 2.79 bits per heavy atom. The first-order valence-corrected chi connectivity index (χ1v) is 8.07. The number of anilines is 1. The maximum Gasteiger partial charge on any atom is 0.255 e. The van der Waals surface area contributed by atoms with Gasteiger partial charge < -0.3 is 16.0 Å². The van der Waals surface area contributed by atoms with E-state index in [9.17, 15) is 10.1 Å². The van der Waals surface area contributed by atoms with Crippen LogP contribution < -0.4 is 11.1 Å². The van der Waals surface area contributed by atoms with Gasteiger partial charge in [-0.1, -0.05) is 25.1 Å². The van der Waals surface area contributed by atoms with Crippen LogP contribution in [0.5, 0.6) is 0 Å². The summed E-state index contributed by atoms with van der Waals surface area (Å²) in [6.07, 6.45) is 0. The van der Waals surface area contributed by atoms with Gasteiger partial charge in [0.05, 0.1) is 17.7 Å². The molecular weight excluding hydrogens is 300 g/mol. The maximum atomic E-state index is 12.8. The summed E-state index contributed by atoms with van der Waals surface area (Å²) in [6, 6.07) is 14.7. The molecule has 0 saturated carbocycles. The third-order valence-corrected chi connectivity index (χ3v) is 4.35. The van der Waals surface area contributed by atoms with Crippen molar-refractivity contribution in [3.8, 4) is 6.07 Å². The molecule has 2 aromatic carbocycles. The zero-order chi connectivity index (χ0) is 17.1. The molecule has 24 heavy (non-hydrogen) atoms. The van der Waals surface area contributed by atoms with E-state index in [1.165, 1.54) is 0 Å². The first-order valence-electron chi connectivity index (χ1n) is 8.07. The van der Waals surface area contributed by atoms with E-state index in [1.807, 2.05) is 36.1 Å². The molecule has 1 atom stereocenters. The predicted octanol–water partition coefficient (Wildman–Crippen LogP) is 2.30. The summed E-state index contributed by atoms with van der Waals surface area (Å²) in [6.45, 7) is 4.19. The van der Waals surface area contributed by atoms with E-state index in [0.29, 0.717) is 29.9 Å². The third kappa shape index (κ3) is 2.72. The predicted molar refractivity (Wildman–Crippen MR) is 93.4 cm³/mol. The van der Waals surface area contributed by atoms with Gasteiger partial charge in [-0.05, 0) is 36.4 Å². The smallest absolute Gasteiger partial charge is 0.255 e. The molecule has 2 aromatic rings. The Bertz CT molecular complexity index is 809. The molecule has 1 heterocycles. The lowest BCUT2D eigenvalue weighted by atomic mass is 9.95. The number of carbonyl (C=O) groups excluding carboxylic acids is 1. The summed E-state index contributed by atoms with van der Waals surface area (Å²) >= 11 is 0. The summed E-state index contributed by atoms with van der Waals surface area (Å²) in [5.41, 5.74) is 9.78. The molecule has 3 rings (SSSR count). The molecular formula is C19H20N4O. The molecule has 0 saturated heterocycles. The van der Waals surface area contributed by atoms with Gasteiger partial charge in [-0.3, -0.25) is 4.79 Å². The van der Waals surface area contributed by atoms with Gasteiger partial charge >= 0.3 is 0 Å². The van der Waals surface area contributed by atoms with Crippen molar-refractivity contribution in [1.82, 2.24) is 10.2 Å². The highest BCUT2D eigenvalue weighted by Gasteiger charge is 2.37. The molecule has 1 aliphatic rings. The van der Waals surface area contributed by atoms with E-state index in [4.69, 9.17) is 5.73 Å². The summed E-state index contributed by atoms with van der Waals surface area (Å²) < 4.78 is 0. The molecule has 1 aliphatic heterocycles. The fraction of sp³-hybridized carbons (Fsp3) is 0.263. The number of hydrogen-bond donors (Lipinski definition) is 2. The number of benzene rings is 2. The Morgan fingerprint density at radius 1 is 1.25 bits per heavy atom. The van der Waals surface area contributed by atoms with Gasteiger partial charge in [0, 0.05) is 29.9 Å². The number of rotatable bonds is 5. The quantitative estimate of drug-likeness (QED) is 0.654. The second-order valence-electron chi connectivity index (χ2n) is 5.80. The van der Waals surface area contributed by atoms with Crippen molar-refractivity contribution < 1.29 is 4.79 Å². The average molecular weight is 320 g/mol. The molecule has 0 fully saturated rings. The largest absolute Gasteiger partial charge is 0.398 e. The molecule has 0 bridgehead atoms. The molecule has 0 radical (unpaired) electrons. The van der Waals surface area contributed by atoms with Crippen LogP contribution in [-0.4, -0.2) is 30.4 Å². The Hall–Kier alpha value is -2.84. The molecule has 0 spiro atoms. The van der Waals surface area contributed by atoms with Crippen LogP contribution in [0, 0.1) is 11.3 Å². The van der Waals surface area contributed by atoms with Crippen LogP contribution >= 0.6 is 0 Å². The number of nitriles is 1. The number of nitrogens with two attached hydrogens (primary N) is 1. The first kappa shape index (κ1) is 16.0. The summed E-state index contributed by atoms with van der Waals surface area (Å²) in [5, 5.41) is 12.5. The average Bonchev–Trinajstić information content (AvgIpc) is 2.88. The molecule has 1 amide bonds. The zero-order valence-corrected chi connectivity index (χ0v) is 13.6. The van der Waals surface area contributed by atoms with Crippen molar-refractivity contribution in [2.45, 2.75) is 13.0 Å². The van der Waals surface area contributed by atoms with E-state index in [2.05, 4.69) is 11.4 Å². The van der Waals surface area contributed by atoms with E-state index < -0.39 is 0 Å². The van der Waals surface area contributed by atoms with Gasteiger partial charge in [0.2, 0.25) is 0 Å². The van der Waals surface area contributed by atoms with Gasteiger partial charge in [0.15, 0.2) is 0 Å². The minimum atomic E-state index is -0.249. The van der Waals surface area contributed by atoms with Gasteiger partial charge in [0.25, 0.3) is 5.91 Å². The van der Waals surface area contributed by atoms with E-state index in [0.717, 1.165) is 17.7 Å². The van der Waals surface area contributed by atoms with Gasteiger partial charge in [-0.2, -0.15) is 5.26 Å². The van der Waals surface area contributed by atoms with Crippen LogP contribution in [0.4, 0.5) is 5.69 Å². The van der Waals surface area contributed by atoms with Crippen molar-refractivity contribution in [2.24, 2.45) is 0 Å². The Morgan fingerprint density at radius 2 is 2.04 bits per heavy atom. The highest BCUT2D eigenvalue weighted by atomic mass is 16.2. The van der Waals surface area contributed by atoms with Gasteiger partial charge in [-0.15, -0.1) is 0 Å². The number of nitrogens with one attached hydrogen (secondary N) is 1. The van der Waals surface area contributed by atoms with Gasteiger partial charge in [-0.25, -0.2) is 0 Å². The zero-order valence-electron chi connectivity index (χ0n) is 13.6. The summed E-state index contributed by atoms with van der Waals surface area (Å²) in [7, 11) is 0.